The fraction of sp³-hybridized carbons (Fsp3) is 0.0952. The standard InChI is InChI=1S/C21H19N3O4/c22-20(25)17-10-19(12-23-11-17)27-14-16-7-4-8-18(9-16)24-21(26)28-13-15-5-2-1-3-6-15/h1-12H,13-14H2,(H2,22,25)(H,24,26). The van der Waals surface area contributed by atoms with Crippen LogP contribution in [0.3, 0.4) is 0 Å². The van der Waals surface area contributed by atoms with Crippen LogP contribution >= 0.6 is 0 Å². The molecule has 0 atom stereocenters. The number of rotatable bonds is 7. The predicted octanol–water partition coefficient (Wildman–Crippen LogP) is 3.51. The highest BCUT2D eigenvalue weighted by Gasteiger charge is 2.06. The van der Waals surface area contributed by atoms with Crippen LogP contribution in [0.25, 0.3) is 0 Å². The largest absolute Gasteiger partial charge is 0.487 e. The lowest BCUT2D eigenvalue weighted by atomic mass is 10.2. The molecule has 2 amide bonds. The van der Waals surface area contributed by atoms with E-state index >= 15 is 0 Å². The van der Waals surface area contributed by atoms with Gasteiger partial charge in [-0.25, -0.2) is 4.79 Å². The maximum Gasteiger partial charge on any atom is 0.411 e. The van der Waals surface area contributed by atoms with Gasteiger partial charge in [-0.2, -0.15) is 0 Å². The summed E-state index contributed by atoms with van der Waals surface area (Å²) in [6, 6.07) is 18.1. The smallest absolute Gasteiger partial charge is 0.411 e. The zero-order chi connectivity index (χ0) is 19.8. The number of nitrogens with zero attached hydrogens (tertiary/aromatic N) is 1. The van der Waals surface area contributed by atoms with Crippen LogP contribution in [0, 0.1) is 0 Å². The van der Waals surface area contributed by atoms with Gasteiger partial charge < -0.3 is 15.2 Å². The van der Waals surface area contributed by atoms with Crippen LogP contribution in [-0.2, 0) is 18.0 Å². The van der Waals surface area contributed by atoms with Crippen LogP contribution in [0.5, 0.6) is 5.75 Å². The Morgan fingerprint density at radius 1 is 0.929 bits per heavy atom. The molecule has 7 heteroatoms. The van der Waals surface area contributed by atoms with E-state index in [4.69, 9.17) is 15.2 Å². The number of carbonyl (C=O) groups is 2. The number of aromatic nitrogens is 1. The number of amides is 2. The third-order valence-electron chi connectivity index (χ3n) is 3.79. The van der Waals surface area contributed by atoms with Crippen LogP contribution in [0.1, 0.15) is 21.5 Å². The first kappa shape index (κ1) is 18.9. The molecule has 2 aromatic carbocycles. The highest BCUT2D eigenvalue weighted by atomic mass is 16.5. The number of hydrogen-bond donors (Lipinski definition) is 2. The number of anilines is 1. The van der Waals surface area contributed by atoms with E-state index in [-0.39, 0.29) is 18.8 Å². The first-order valence-electron chi connectivity index (χ1n) is 8.54. The molecule has 0 fully saturated rings. The fourth-order valence-corrected chi connectivity index (χ4v) is 2.42. The molecule has 0 bridgehead atoms. The Labute approximate surface area is 162 Å². The maximum absolute atomic E-state index is 12.0. The number of ether oxygens (including phenoxy) is 2. The molecule has 0 spiro atoms. The van der Waals surface area contributed by atoms with Crippen molar-refractivity contribution >= 4 is 17.7 Å². The van der Waals surface area contributed by atoms with Crippen LogP contribution in [-0.4, -0.2) is 17.0 Å². The Hall–Kier alpha value is -3.87. The Bertz CT molecular complexity index is 961. The van der Waals surface area contributed by atoms with Gasteiger partial charge in [-0.3, -0.25) is 15.1 Å². The lowest BCUT2D eigenvalue weighted by Gasteiger charge is -2.10. The van der Waals surface area contributed by atoms with Crippen molar-refractivity contribution in [2.75, 3.05) is 5.32 Å². The van der Waals surface area contributed by atoms with Gasteiger partial charge >= 0.3 is 6.09 Å². The summed E-state index contributed by atoms with van der Waals surface area (Å²) < 4.78 is 10.8. The van der Waals surface area contributed by atoms with Crippen LogP contribution in [0.15, 0.2) is 73.1 Å². The summed E-state index contributed by atoms with van der Waals surface area (Å²) in [6.45, 7) is 0.428. The van der Waals surface area contributed by atoms with Crippen LogP contribution in [0.2, 0.25) is 0 Å². The summed E-state index contributed by atoms with van der Waals surface area (Å²) in [5.74, 6) is -0.143. The van der Waals surface area contributed by atoms with Gasteiger partial charge in [0.15, 0.2) is 0 Å². The lowest BCUT2D eigenvalue weighted by Crippen LogP contribution is -2.13. The molecule has 0 unspecified atom stereocenters. The second kappa shape index (κ2) is 9.18. The molecule has 0 aliphatic rings. The van der Waals surface area contributed by atoms with E-state index in [2.05, 4.69) is 10.3 Å². The van der Waals surface area contributed by atoms with E-state index in [9.17, 15) is 9.59 Å². The molecular weight excluding hydrogens is 358 g/mol. The van der Waals surface area contributed by atoms with Gasteiger partial charge in [-0.15, -0.1) is 0 Å². The molecule has 0 saturated heterocycles. The maximum atomic E-state index is 12.0. The van der Waals surface area contributed by atoms with Crippen molar-refractivity contribution in [3.8, 4) is 5.75 Å². The molecule has 142 valence electrons. The summed E-state index contributed by atoms with van der Waals surface area (Å²) in [7, 11) is 0. The summed E-state index contributed by atoms with van der Waals surface area (Å²) in [4.78, 5) is 27.1. The minimum atomic E-state index is -0.571. The van der Waals surface area contributed by atoms with E-state index in [0.29, 0.717) is 11.4 Å². The number of nitrogens with two attached hydrogens (primary N) is 1. The van der Waals surface area contributed by atoms with Crippen molar-refractivity contribution in [3.05, 3.63) is 89.7 Å². The van der Waals surface area contributed by atoms with Gasteiger partial charge in [0, 0.05) is 11.9 Å². The van der Waals surface area contributed by atoms with E-state index in [1.807, 2.05) is 36.4 Å². The molecule has 7 nitrogen and oxygen atoms in total. The van der Waals surface area contributed by atoms with E-state index < -0.39 is 12.0 Å². The average Bonchev–Trinajstić information content (AvgIpc) is 2.72. The molecule has 28 heavy (non-hydrogen) atoms. The quantitative estimate of drug-likeness (QED) is 0.656. The van der Waals surface area contributed by atoms with Gasteiger partial charge in [-0.05, 0) is 29.3 Å². The highest BCUT2D eigenvalue weighted by molar-refractivity contribution is 5.92. The normalized spacial score (nSPS) is 10.1. The summed E-state index contributed by atoms with van der Waals surface area (Å²) in [5.41, 5.74) is 7.82. The van der Waals surface area contributed by atoms with Crippen LogP contribution < -0.4 is 15.8 Å². The van der Waals surface area contributed by atoms with E-state index in [0.717, 1.165) is 11.1 Å². The Kier molecular flexibility index (Phi) is 6.20. The molecular formula is C21H19N3O4. The first-order chi connectivity index (χ1) is 13.6. The molecule has 3 rings (SSSR count). The molecule has 0 radical (unpaired) electrons. The van der Waals surface area contributed by atoms with Crippen molar-refractivity contribution in [2.45, 2.75) is 13.2 Å². The average molecular weight is 377 g/mol. The second-order valence-electron chi connectivity index (χ2n) is 5.95. The number of benzene rings is 2. The molecule has 0 aliphatic heterocycles. The Morgan fingerprint density at radius 3 is 2.50 bits per heavy atom. The van der Waals surface area contributed by atoms with Crippen molar-refractivity contribution in [1.29, 1.82) is 0 Å². The monoisotopic (exact) mass is 377 g/mol. The van der Waals surface area contributed by atoms with Gasteiger partial charge in [0.25, 0.3) is 0 Å². The molecule has 3 aromatic rings. The second-order valence-corrected chi connectivity index (χ2v) is 5.95. The number of pyridine rings is 1. The van der Waals surface area contributed by atoms with Gasteiger partial charge in [0.05, 0.1) is 11.8 Å². The Morgan fingerprint density at radius 2 is 1.71 bits per heavy atom. The summed E-state index contributed by atoms with van der Waals surface area (Å²) in [6.07, 6.45) is 2.33. The number of nitrogens with one attached hydrogen (secondary N) is 1. The van der Waals surface area contributed by atoms with Gasteiger partial charge in [-0.1, -0.05) is 42.5 Å². The lowest BCUT2D eigenvalue weighted by molar-refractivity contribution is 0.0999. The highest BCUT2D eigenvalue weighted by Crippen LogP contribution is 2.16. The third-order valence-corrected chi connectivity index (χ3v) is 3.79. The number of carbonyl (C=O) groups excluding carboxylic acids is 2. The van der Waals surface area contributed by atoms with Crippen molar-refractivity contribution in [2.24, 2.45) is 5.73 Å². The van der Waals surface area contributed by atoms with Gasteiger partial charge in [0.2, 0.25) is 5.91 Å². The molecule has 1 aromatic heterocycles. The zero-order valence-corrected chi connectivity index (χ0v) is 15.0. The van der Waals surface area contributed by atoms with Gasteiger partial charge in [0.1, 0.15) is 19.0 Å². The zero-order valence-electron chi connectivity index (χ0n) is 15.0. The van der Waals surface area contributed by atoms with Crippen molar-refractivity contribution in [1.82, 2.24) is 4.98 Å². The van der Waals surface area contributed by atoms with E-state index in [1.165, 1.54) is 18.5 Å². The van der Waals surface area contributed by atoms with Crippen molar-refractivity contribution < 1.29 is 19.1 Å². The Balaban J connectivity index is 1.54. The van der Waals surface area contributed by atoms with Crippen LogP contribution in [0.4, 0.5) is 10.5 Å². The molecule has 0 saturated carbocycles. The summed E-state index contributed by atoms with van der Waals surface area (Å²) in [5, 5.41) is 2.68. The first-order valence-corrected chi connectivity index (χ1v) is 8.54. The minimum Gasteiger partial charge on any atom is -0.487 e. The molecule has 3 N–H and O–H groups in total. The summed E-state index contributed by atoms with van der Waals surface area (Å²) >= 11 is 0. The predicted molar refractivity (Wildman–Crippen MR) is 104 cm³/mol. The number of primary amides is 1. The number of hydrogen-bond acceptors (Lipinski definition) is 5. The third kappa shape index (κ3) is 5.57. The minimum absolute atomic E-state index is 0.193. The van der Waals surface area contributed by atoms with E-state index in [1.54, 1.807) is 18.2 Å². The fourth-order valence-electron chi connectivity index (χ4n) is 2.42. The SMILES string of the molecule is NC(=O)c1cncc(OCc2cccc(NC(=O)OCc3ccccc3)c2)c1. The molecule has 0 aliphatic carbocycles. The molecule has 1 heterocycles. The topological polar surface area (TPSA) is 104 Å². The van der Waals surface area contributed by atoms with Crippen molar-refractivity contribution in [3.63, 3.8) is 0 Å².